The third-order valence-electron chi connectivity index (χ3n) is 8.92. The first-order valence-corrected chi connectivity index (χ1v) is 17.2. The Bertz CT molecular complexity index is 2490. The first-order valence-electron chi connectivity index (χ1n) is 17.9. The Hall–Kier alpha value is -5.38. The smallest absolute Gasteiger partial charge is 0.135 e. The van der Waals surface area contributed by atoms with Gasteiger partial charge in [-0.15, -0.1) is 51.6 Å². The largest absolute Gasteiger partial charge is 0.500 e. The van der Waals surface area contributed by atoms with Crippen molar-refractivity contribution in [3.8, 4) is 33.4 Å². The van der Waals surface area contributed by atoms with Crippen LogP contribution in [-0.2, 0) is 20.4 Å². The normalized spacial score (nSPS) is 14.0. The molecule has 2 aliphatic rings. The first-order chi connectivity index (χ1) is 25.9. The van der Waals surface area contributed by atoms with Crippen LogP contribution in [0.1, 0.15) is 9.68 Å². The van der Waals surface area contributed by atoms with Crippen LogP contribution < -0.4 is 14.7 Å². The molecule has 0 amide bonds. The summed E-state index contributed by atoms with van der Waals surface area (Å²) in [6.45, 7) is -0.330. The van der Waals surface area contributed by atoms with Crippen molar-refractivity contribution < 1.29 is 24.5 Å². The molecule has 2 aliphatic heterocycles. The SMILES string of the molecule is [2H]C([2H])([2H])c1cc(N2c3[c-]c(Sc4[c-]c(N5C=CN(c6ccccc6)[CH-]5)ccc4)ccc3-c3ccccc3-c3ccccc32)ncc1-c1ccccc1.[Pd]. The molecule has 0 saturated carbocycles. The summed E-state index contributed by atoms with van der Waals surface area (Å²) >= 11 is 1.58. The van der Waals surface area contributed by atoms with Crippen LogP contribution >= 0.6 is 11.8 Å². The Labute approximate surface area is 321 Å². The van der Waals surface area contributed by atoms with Crippen molar-refractivity contribution in [2.75, 3.05) is 14.7 Å². The van der Waals surface area contributed by atoms with Gasteiger partial charge in [-0.05, 0) is 60.2 Å². The molecule has 0 radical (unpaired) electrons. The molecule has 0 unspecified atom stereocenters. The number of anilines is 5. The van der Waals surface area contributed by atoms with Gasteiger partial charge >= 0.3 is 0 Å². The quantitative estimate of drug-likeness (QED) is 0.124. The van der Waals surface area contributed by atoms with Gasteiger partial charge in [-0.3, -0.25) is 0 Å². The number of aryl methyl sites for hydroxylation is 1. The van der Waals surface area contributed by atoms with Gasteiger partial charge in [0, 0.05) is 47.5 Å². The number of benzene rings is 6. The molecule has 1 aromatic heterocycles. The van der Waals surface area contributed by atoms with Crippen LogP contribution in [0.25, 0.3) is 33.4 Å². The molecule has 6 aromatic carbocycles. The van der Waals surface area contributed by atoms with E-state index in [1.165, 1.54) is 0 Å². The van der Waals surface area contributed by atoms with Gasteiger partial charge in [0.1, 0.15) is 5.82 Å². The molecule has 0 spiro atoms. The van der Waals surface area contributed by atoms with Crippen LogP contribution in [0.4, 0.5) is 28.6 Å². The van der Waals surface area contributed by atoms with Crippen molar-refractivity contribution in [3.63, 3.8) is 0 Å². The van der Waals surface area contributed by atoms with Crippen LogP contribution in [0.5, 0.6) is 0 Å². The van der Waals surface area contributed by atoms with E-state index in [2.05, 4.69) is 81.4 Å². The van der Waals surface area contributed by atoms with Gasteiger partial charge in [0.25, 0.3) is 0 Å². The molecule has 0 atom stereocenters. The van der Waals surface area contributed by atoms with Crippen LogP contribution in [0.2, 0.25) is 0 Å². The average Bonchev–Trinajstić information content (AvgIpc) is 3.66. The summed E-state index contributed by atoms with van der Waals surface area (Å²) in [4.78, 5) is 13.0. The minimum atomic E-state index is -2.37. The fourth-order valence-electron chi connectivity index (χ4n) is 6.55. The molecule has 3 heterocycles. The molecule has 0 aliphatic carbocycles. The van der Waals surface area contributed by atoms with Crippen molar-refractivity contribution in [1.82, 2.24) is 4.98 Å². The second-order valence-electron chi connectivity index (χ2n) is 12.0. The molecule has 250 valence electrons. The van der Waals surface area contributed by atoms with Crippen molar-refractivity contribution in [2.45, 2.75) is 16.6 Å². The van der Waals surface area contributed by atoms with E-state index in [0.29, 0.717) is 11.4 Å². The van der Waals surface area contributed by atoms with Crippen molar-refractivity contribution in [3.05, 3.63) is 189 Å². The topological polar surface area (TPSA) is 22.6 Å². The van der Waals surface area contributed by atoms with Gasteiger partial charge in [0.05, 0.1) is 5.69 Å². The van der Waals surface area contributed by atoms with Gasteiger partial charge in [-0.1, -0.05) is 102 Å². The predicted molar refractivity (Wildman–Crippen MR) is 207 cm³/mol. The number of rotatable bonds is 6. The average molecular weight is 769 g/mol. The monoisotopic (exact) mass is 768 g/mol. The number of aromatic nitrogens is 1. The van der Waals surface area contributed by atoms with Crippen molar-refractivity contribution in [2.24, 2.45) is 0 Å². The van der Waals surface area contributed by atoms with Gasteiger partial charge in [-0.2, -0.15) is 30.3 Å². The zero-order valence-electron chi connectivity index (χ0n) is 30.2. The van der Waals surface area contributed by atoms with E-state index in [1.807, 2.05) is 104 Å². The summed E-state index contributed by atoms with van der Waals surface area (Å²) in [6, 6.07) is 55.8. The maximum atomic E-state index is 8.57. The second kappa shape index (κ2) is 14.1. The third kappa shape index (κ3) is 6.28. The molecule has 0 saturated heterocycles. The zero-order valence-corrected chi connectivity index (χ0v) is 29.6. The molecular weight excluding hydrogens is 735 g/mol. The van der Waals surface area contributed by atoms with E-state index in [4.69, 9.17) is 9.10 Å². The maximum absolute atomic E-state index is 8.57. The predicted octanol–water partition coefficient (Wildman–Crippen LogP) is 11.8. The van der Waals surface area contributed by atoms with Crippen molar-refractivity contribution in [1.29, 1.82) is 0 Å². The van der Waals surface area contributed by atoms with Gasteiger partial charge in [-0.25, -0.2) is 4.98 Å². The maximum Gasteiger partial charge on any atom is 0.135 e. The molecule has 0 fully saturated rings. The molecule has 0 N–H and O–H groups in total. The fraction of sp³-hybridized carbons (Fsp3) is 0.0222. The molecule has 9 rings (SSSR count). The van der Waals surface area contributed by atoms with E-state index in [-0.39, 0.29) is 26.0 Å². The van der Waals surface area contributed by atoms with Gasteiger partial charge in [0.2, 0.25) is 0 Å². The Morgan fingerprint density at radius 2 is 1.31 bits per heavy atom. The molecule has 51 heavy (non-hydrogen) atoms. The van der Waals surface area contributed by atoms with Crippen molar-refractivity contribution >= 4 is 40.3 Å². The number of fused-ring (bicyclic) bond motifs is 5. The van der Waals surface area contributed by atoms with Crippen LogP contribution in [0.3, 0.4) is 0 Å². The number of nitrogens with zero attached hydrogens (tertiary/aromatic N) is 4. The molecule has 7 aromatic rings. The minimum absolute atomic E-state index is 0. The zero-order chi connectivity index (χ0) is 35.9. The summed E-state index contributed by atoms with van der Waals surface area (Å²) in [7, 11) is 0. The Balaban J connectivity index is 0.00000413. The minimum Gasteiger partial charge on any atom is -0.500 e. The number of para-hydroxylation sites is 2. The Kier molecular flexibility index (Phi) is 8.11. The molecule has 0 bridgehead atoms. The standard InChI is InChI=1S/C45H31N4S.Pd/c1-32-27-45(46-30-42(32)33-13-4-2-5-14-33)49-43-22-11-10-21-40(43)38-19-8-9-20-39(38)41-24-23-37(29-44(41)49)50-36-18-12-17-35(28-36)48-26-25-47(31-48)34-15-6-3-7-16-34;/h2-27,30-31H,1H3;/q-3;/i1D3;. The fourth-order valence-corrected chi connectivity index (χ4v) is 7.38. The van der Waals surface area contributed by atoms with Crippen LogP contribution in [0.15, 0.2) is 174 Å². The van der Waals surface area contributed by atoms with Gasteiger partial charge < -0.3 is 14.7 Å². The van der Waals surface area contributed by atoms with E-state index >= 15 is 0 Å². The summed E-state index contributed by atoms with van der Waals surface area (Å²) in [5, 5.41) is 0. The summed E-state index contributed by atoms with van der Waals surface area (Å²) in [5.41, 5.74) is 9.45. The van der Waals surface area contributed by atoms with E-state index in [0.717, 1.165) is 60.4 Å². The first kappa shape index (κ1) is 29.4. The third-order valence-corrected chi connectivity index (χ3v) is 9.84. The van der Waals surface area contributed by atoms with Crippen LogP contribution in [-0.4, -0.2) is 4.98 Å². The Morgan fingerprint density at radius 3 is 2.12 bits per heavy atom. The van der Waals surface area contributed by atoms with E-state index in [1.54, 1.807) is 24.0 Å². The Morgan fingerprint density at radius 1 is 0.627 bits per heavy atom. The molecular formula is C45H31N4PdS-3. The number of hydrogen-bond donors (Lipinski definition) is 0. The summed E-state index contributed by atoms with van der Waals surface area (Å²) in [6.07, 6.45) is 5.75. The number of pyridine rings is 1. The van der Waals surface area contributed by atoms with Gasteiger partial charge in [0.15, 0.2) is 0 Å². The summed E-state index contributed by atoms with van der Waals surface area (Å²) in [5.74, 6) is 0.503. The summed E-state index contributed by atoms with van der Waals surface area (Å²) < 4.78 is 25.7. The van der Waals surface area contributed by atoms with E-state index < -0.39 is 6.85 Å². The van der Waals surface area contributed by atoms with Crippen LogP contribution in [0, 0.1) is 25.7 Å². The number of hydrogen-bond acceptors (Lipinski definition) is 5. The molecule has 4 nitrogen and oxygen atoms in total. The van der Waals surface area contributed by atoms with E-state index in [9.17, 15) is 0 Å². The molecule has 6 heteroatoms. The second-order valence-corrected chi connectivity index (χ2v) is 13.1.